The molecule has 0 amide bonds. The molecule has 102 valence electrons. The van der Waals surface area contributed by atoms with Crippen LogP contribution >= 0.6 is 11.6 Å². The second-order valence-corrected chi connectivity index (χ2v) is 5.49. The summed E-state index contributed by atoms with van der Waals surface area (Å²) < 4.78 is 0. The molecule has 0 atom stereocenters. The molecule has 0 unspecified atom stereocenters. The first-order chi connectivity index (χ1) is 9.74. The van der Waals surface area contributed by atoms with Gasteiger partial charge >= 0.3 is 0 Å². The second-order valence-electron chi connectivity index (χ2n) is 5.06. The highest BCUT2D eigenvalue weighted by atomic mass is 35.5. The number of halogens is 1. The summed E-state index contributed by atoms with van der Waals surface area (Å²) in [6.07, 6.45) is 4.16. The molecule has 4 heteroatoms. The van der Waals surface area contributed by atoms with Crippen LogP contribution < -0.4 is 5.32 Å². The van der Waals surface area contributed by atoms with Crippen LogP contribution in [-0.4, -0.2) is 17.3 Å². The van der Waals surface area contributed by atoms with Gasteiger partial charge in [-0.05, 0) is 49.1 Å². The summed E-state index contributed by atoms with van der Waals surface area (Å²) in [5.74, 6) is 0.634. The number of carbonyl (C=O) groups is 1. The van der Waals surface area contributed by atoms with Crippen molar-refractivity contribution in [3.05, 3.63) is 58.9 Å². The molecule has 3 rings (SSSR count). The first-order valence-electron chi connectivity index (χ1n) is 6.73. The Balaban J connectivity index is 1.89. The van der Waals surface area contributed by atoms with Crippen molar-refractivity contribution >= 4 is 23.1 Å². The fourth-order valence-electron chi connectivity index (χ4n) is 2.07. The monoisotopic (exact) mass is 286 g/mol. The summed E-state index contributed by atoms with van der Waals surface area (Å²) in [5.41, 5.74) is 1.85. The van der Waals surface area contributed by atoms with Crippen LogP contribution in [0.25, 0.3) is 0 Å². The first-order valence-corrected chi connectivity index (χ1v) is 7.11. The zero-order chi connectivity index (χ0) is 13.9. The summed E-state index contributed by atoms with van der Waals surface area (Å²) in [5, 5.41) is 3.90. The van der Waals surface area contributed by atoms with Gasteiger partial charge in [0.25, 0.3) is 0 Å². The number of nitrogens with one attached hydrogen (secondary N) is 1. The van der Waals surface area contributed by atoms with Crippen molar-refractivity contribution in [2.24, 2.45) is 5.92 Å². The Hall–Kier alpha value is -1.87. The van der Waals surface area contributed by atoms with Gasteiger partial charge in [0, 0.05) is 29.0 Å². The minimum Gasteiger partial charge on any atom is -0.384 e. The van der Waals surface area contributed by atoms with Gasteiger partial charge in [-0.25, -0.2) is 0 Å². The minimum atomic E-state index is -0.105. The summed E-state index contributed by atoms with van der Waals surface area (Å²) in [6, 6.07) is 10.7. The molecule has 1 heterocycles. The normalized spacial score (nSPS) is 14.1. The SMILES string of the molecule is O=C(c1ccccn1)c1cc(Cl)ccc1NCC1CC1. The van der Waals surface area contributed by atoms with E-state index in [1.165, 1.54) is 12.8 Å². The van der Waals surface area contributed by atoms with Crippen molar-refractivity contribution in [2.45, 2.75) is 12.8 Å². The van der Waals surface area contributed by atoms with Gasteiger partial charge in [-0.1, -0.05) is 17.7 Å². The van der Waals surface area contributed by atoms with Crippen molar-refractivity contribution in [1.29, 1.82) is 0 Å². The molecule has 1 aromatic carbocycles. The number of aromatic nitrogens is 1. The molecule has 1 saturated carbocycles. The van der Waals surface area contributed by atoms with Crippen molar-refractivity contribution in [2.75, 3.05) is 11.9 Å². The van der Waals surface area contributed by atoms with Crippen LogP contribution in [0.5, 0.6) is 0 Å². The summed E-state index contributed by atoms with van der Waals surface area (Å²) in [4.78, 5) is 16.6. The maximum absolute atomic E-state index is 12.5. The fourth-order valence-corrected chi connectivity index (χ4v) is 2.24. The lowest BCUT2D eigenvalue weighted by Gasteiger charge is -2.11. The lowest BCUT2D eigenvalue weighted by atomic mass is 10.1. The Morgan fingerprint density at radius 2 is 2.15 bits per heavy atom. The van der Waals surface area contributed by atoms with Crippen LogP contribution in [-0.2, 0) is 0 Å². The Labute approximate surface area is 123 Å². The topological polar surface area (TPSA) is 42.0 Å². The molecule has 0 saturated heterocycles. The number of anilines is 1. The molecule has 0 aliphatic heterocycles. The van der Waals surface area contributed by atoms with Gasteiger partial charge in [0.1, 0.15) is 5.69 Å². The van der Waals surface area contributed by atoms with Crippen LogP contribution in [0.3, 0.4) is 0 Å². The van der Waals surface area contributed by atoms with Gasteiger partial charge in [-0.3, -0.25) is 9.78 Å². The van der Waals surface area contributed by atoms with Crippen LogP contribution in [0.2, 0.25) is 5.02 Å². The average Bonchev–Trinajstić information content (AvgIpc) is 3.30. The van der Waals surface area contributed by atoms with Gasteiger partial charge in [-0.15, -0.1) is 0 Å². The maximum atomic E-state index is 12.5. The third-order valence-corrected chi connectivity index (χ3v) is 3.64. The van der Waals surface area contributed by atoms with Crippen LogP contribution in [0, 0.1) is 5.92 Å². The van der Waals surface area contributed by atoms with Crippen molar-refractivity contribution in [1.82, 2.24) is 4.98 Å². The van der Waals surface area contributed by atoms with Crippen LogP contribution in [0.4, 0.5) is 5.69 Å². The maximum Gasteiger partial charge on any atom is 0.213 e. The highest BCUT2D eigenvalue weighted by molar-refractivity contribution is 6.31. The van der Waals surface area contributed by atoms with Gasteiger partial charge < -0.3 is 5.32 Å². The number of hydrogen-bond donors (Lipinski definition) is 1. The number of ketones is 1. The van der Waals surface area contributed by atoms with Crippen LogP contribution in [0.1, 0.15) is 28.9 Å². The zero-order valence-electron chi connectivity index (χ0n) is 11.0. The third kappa shape index (κ3) is 2.99. The minimum absolute atomic E-state index is 0.105. The predicted molar refractivity (Wildman–Crippen MR) is 80.3 cm³/mol. The first kappa shape index (κ1) is 13.1. The quantitative estimate of drug-likeness (QED) is 0.850. The number of nitrogens with zero attached hydrogens (tertiary/aromatic N) is 1. The van der Waals surface area contributed by atoms with Crippen LogP contribution in [0.15, 0.2) is 42.6 Å². The molecule has 0 spiro atoms. The van der Waals surface area contributed by atoms with E-state index in [0.29, 0.717) is 16.3 Å². The lowest BCUT2D eigenvalue weighted by molar-refractivity contribution is 0.103. The summed E-state index contributed by atoms with van der Waals surface area (Å²) in [6.45, 7) is 0.907. The van der Waals surface area contributed by atoms with Gasteiger partial charge in [0.05, 0.1) is 0 Å². The van der Waals surface area contributed by atoms with E-state index in [1.54, 1.807) is 30.5 Å². The summed E-state index contributed by atoms with van der Waals surface area (Å²) >= 11 is 6.02. The fraction of sp³-hybridized carbons (Fsp3) is 0.250. The smallest absolute Gasteiger partial charge is 0.213 e. The molecule has 20 heavy (non-hydrogen) atoms. The summed E-state index contributed by atoms with van der Waals surface area (Å²) in [7, 11) is 0. The van der Waals surface area contributed by atoms with Gasteiger partial charge in [-0.2, -0.15) is 0 Å². The highest BCUT2D eigenvalue weighted by Gasteiger charge is 2.22. The second kappa shape index (κ2) is 5.63. The molecule has 1 N–H and O–H groups in total. The highest BCUT2D eigenvalue weighted by Crippen LogP contribution is 2.30. The van der Waals surface area contributed by atoms with E-state index >= 15 is 0 Å². The van der Waals surface area contributed by atoms with E-state index in [0.717, 1.165) is 18.2 Å². The number of carbonyl (C=O) groups excluding carboxylic acids is 1. The van der Waals surface area contributed by atoms with Crippen molar-refractivity contribution < 1.29 is 4.79 Å². The Bertz CT molecular complexity index is 624. The molecular weight excluding hydrogens is 272 g/mol. The number of hydrogen-bond acceptors (Lipinski definition) is 3. The molecule has 1 aliphatic rings. The number of rotatable bonds is 5. The molecule has 0 bridgehead atoms. The van der Waals surface area contributed by atoms with E-state index in [2.05, 4.69) is 10.3 Å². The van der Waals surface area contributed by atoms with E-state index in [1.807, 2.05) is 12.1 Å². The third-order valence-electron chi connectivity index (χ3n) is 3.40. The standard InChI is InChI=1S/C16H15ClN2O/c17-12-6-7-14(19-10-11-4-5-11)13(9-12)16(20)15-3-1-2-8-18-15/h1-3,6-9,11,19H,4-5,10H2. The zero-order valence-corrected chi connectivity index (χ0v) is 11.7. The molecular formula is C16H15ClN2O. The molecule has 3 nitrogen and oxygen atoms in total. The predicted octanol–water partition coefficient (Wildman–Crippen LogP) is 3.79. The van der Waals surface area contributed by atoms with E-state index in [9.17, 15) is 4.79 Å². The Morgan fingerprint density at radius 1 is 1.30 bits per heavy atom. The molecule has 1 fully saturated rings. The Morgan fingerprint density at radius 3 is 2.85 bits per heavy atom. The molecule has 2 aromatic rings. The van der Waals surface area contributed by atoms with Crippen molar-refractivity contribution in [3.8, 4) is 0 Å². The Kier molecular flexibility index (Phi) is 3.70. The lowest BCUT2D eigenvalue weighted by Crippen LogP contribution is -2.11. The molecule has 1 aromatic heterocycles. The van der Waals surface area contributed by atoms with E-state index < -0.39 is 0 Å². The molecule has 1 aliphatic carbocycles. The molecule has 0 radical (unpaired) electrons. The van der Waals surface area contributed by atoms with E-state index in [-0.39, 0.29) is 5.78 Å². The van der Waals surface area contributed by atoms with Gasteiger partial charge in [0.2, 0.25) is 5.78 Å². The largest absolute Gasteiger partial charge is 0.384 e. The number of pyridine rings is 1. The van der Waals surface area contributed by atoms with E-state index in [4.69, 9.17) is 11.6 Å². The van der Waals surface area contributed by atoms with Gasteiger partial charge in [0.15, 0.2) is 0 Å². The average molecular weight is 287 g/mol. The van der Waals surface area contributed by atoms with Crippen molar-refractivity contribution in [3.63, 3.8) is 0 Å². The number of benzene rings is 1.